The molecule has 10 heteroatoms. The van der Waals surface area contributed by atoms with Crippen molar-refractivity contribution >= 4 is 51.0 Å². The molecule has 0 saturated heterocycles. The van der Waals surface area contributed by atoms with Gasteiger partial charge in [-0.25, -0.2) is 13.8 Å². The Labute approximate surface area is 232 Å². The number of hydrogen-bond acceptors (Lipinski definition) is 4. The van der Waals surface area contributed by atoms with E-state index in [1.807, 2.05) is 48.7 Å². The van der Waals surface area contributed by atoms with Crippen LogP contribution in [0.2, 0.25) is 10.0 Å². The van der Waals surface area contributed by atoms with E-state index in [2.05, 4.69) is 10.5 Å². The van der Waals surface area contributed by atoms with E-state index in [1.165, 1.54) is 18.3 Å². The van der Waals surface area contributed by atoms with Crippen LogP contribution in [0.5, 0.6) is 0 Å². The van der Waals surface area contributed by atoms with Crippen LogP contribution >= 0.6 is 23.2 Å². The first kappa shape index (κ1) is 27.4. The van der Waals surface area contributed by atoms with Gasteiger partial charge in [0.25, 0.3) is 15.9 Å². The maximum absolute atomic E-state index is 13.5. The second kappa shape index (κ2) is 11.4. The molecule has 0 bridgehead atoms. The number of halogens is 2. The van der Waals surface area contributed by atoms with Gasteiger partial charge in [-0.1, -0.05) is 47.5 Å². The van der Waals surface area contributed by atoms with Gasteiger partial charge in [-0.3, -0.25) is 9.10 Å². The number of carbonyl (C=O) groups excluding carboxylic acids is 1. The fourth-order valence-electron chi connectivity index (χ4n) is 4.19. The molecule has 0 spiro atoms. The Kier molecular flexibility index (Phi) is 8.26. The number of carbonyl (C=O) groups is 1. The molecule has 1 amide bonds. The van der Waals surface area contributed by atoms with Crippen molar-refractivity contribution < 1.29 is 13.2 Å². The van der Waals surface area contributed by atoms with E-state index in [4.69, 9.17) is 23.2 Å². The molecule has 0 radical (unpaired) electrons. The van der Waals surface area contributed by atoms with Crippen LogP contribution in [-0.2, 0) is 14.8 Å². The number of anilines is 1. The minimum Gasteiger partial charge on any atom is -0.318 e. The van der Waals surface area contributed by atoms with Crippen LogP contribution in [0, 0.1) is 20.8 Å². The van der Waals surface area contributed by atoms with Gasteiger partial charge in [0.1, 0.15) is 6.54 Å². The number of sulfonamides is 1. The van der Waals surface area contributed by atoms with E-state index in [0.29, 0.717) is 21.3 Å². The quantitative estimate of drug-likeness (QED) is 0.207. The van der Waals surface area contributed by atoms with Gasteiger partial charge in [-0.2, -0.15) is 5.10 Å². The maximum atomic E-state index is 13.5. The Morgan fingerprint density at radius 3 is 2.34 bits per heavy atom. The summed E-state index contributed by atoms with van der Waals surface area (Å²) in [6.07, 6.45) is 1.53. The molecule has 1 N–H and O–H groups in total. The van der Waals surface area contributed by atoms with Crippen LogP contribution in [0.4, 0.5) is 5.69 Å². The zero-order valence-electron chi connectivity index (χ0n) is 21.0. The molecule has 4 aromatic rings. The van der Waals surface area contributed by atoms with E-state index in [0.717, 1.165) is 26.9 Å². The number of amides is 1. The minimum atomic E-state index is -4.04. The van der Waals surface area contributed by atoms with Crippen LogP contribution in [0.1, 0.15) is 22.5 Å². The number of hydrogen-bond donors (Lipinski definition) is 1. The average Bonchev–Trinajstić information content (AvgIpc) is 3.16. The highest BCUT2D eigenvalue weighted by atomic mass is 35.5. The van der Waals surface area contributed by atoms with Crippen molar-refractivity contribution in [1.29, 1.82) is 0 Å². The molecule has 0 fully saturated rings. The molecule has 0 aliphatic heterocycles. The Balaban J connectivity index is 1.57. The van der Waals surface area contributed by atoms with E-state index in [1.54, 1.807) is 43.3 Å². The van der Waals surface area contributed by atoms with Crippen molar-refractivity contribution in [3.05, 3.63) is 111 Å². The van der Waals surface area contributed by atoms with Crippen LogP contribution in [0.15, 0.2) is 88.9 Å². The first-order valence-corrected chi connectivity index (χ1v) is 13.9. The van der Waals surface area contributed by atoms with Crippen molar-refractivity contribution in [3.8, 4) is 5.69 Å². The standard InChI is InChI=1S/C28H26Cl2N4O3S/c1-19-14-24(30)12-13-27(19)33(38(36,37)26-10-5-4-6-11-26)18-28(35)32-31-17-22-15-20(2)34(21(22)3)25-9-7-8-23(29)16-25/h4-17H,18H2,1-3H3,(H,32,35)/b31-17+. The number of nitrogens with one attached hydrogen (secondary N) is 1. The molecule has 0 aliphatic rings. The molecule has 196 valence electrons. The second-order valence-electron chi connectivity index (χ2n) is 8.69. The smallest absolute Gasteiger partial charge is 0.264 e. The van der Waals surface area contributed by atoms with E-state index in [-0.39, 0.29) is 4.90 Å². The summed E-state index contributed by atoms with van der Waals surface area (Å²) in [6.45, 7) is 5.16. The summed E-state index contributed by atoms with van der Waals surface area (Å²) >= 11 is 12.2. The van der Waals surface area contributed by atoms with Gasteiger partial charge in [-0.15, -0.1) is 0 Å². The molecular formula is C28H26Cl2N4O3S. The first-order valence-electron chi connectivity index (χ1n) is 11.7. The highest BCUT2D eigenvalue weighted by Gasteiger charge is 2.28. The Hall–Kier alpha value is -3.59. The lowest BCUT2D eigenvalue weighted by Crippen LogP contribution is -2.40. The second-order valence-corrected chi connectivity index (χ2v) is 11.4. The van der Waals surface area contributed by atoms with Crippen molar-refractivity contribution in [3.63, 3.8) is 0 Å². The summed E-state index contributed by atoms with van der Waals surface area (Å²) in [5.41, 5.74) is 7.01. The van der Waals surface area contributed by atoms with E-state index in [9.17, 15) is 13.2 Å². The fraction of sp³-hybridized carbons (Fsp3) is 0.143. The lowest BCUT2D eigenvalue weighted by atomic mass is 10.2. The molecule has 1 heterocycles. The average molecular weight is 570 g/mol. The van der Waals surface area contributed by atoms with E-state index >= 15 is 0 Å². The van der Waals surface area contributed by atoms with Gasteiger partial charge >= 0.3 is 0 Å². The molecule has 0 aliphatic carbocycles. The number of aryl methyl sites for hydroxylation is 2. The summed E-state index contributed by atoms with van der Waals surface area (Å²) in [6, 6.07) is 22.2. The van der Waals surface area contributed by atoms with Crippen molar-refractivity contribution in [2.75, 3.05) is 10.8 Å². The highest BCUT2D eigenvalue weighted by molar-refractivity contribution is 7.92. The predicted octanol–water partition coefficient (Wildman–Crippen LogP) is 6.05. The monoisotopic (exact) mass is 568 g/mol. The zero-order chi connectivity index (χ0) is 27.4. The topological polar surface area (TPSA) is 83.8 Å². The summed E-state index contributed by atoms with van der Waals surface area (Å²) < 4.78 is 30.1. The summed E-state index contributed by atoms with van der Waals surface area (Å²) in [5, 5.41) is 5.19. The normalized spacial score (nSPS) is 11.6. The van der Waals surface area contributed by atoms with Crippen LogP contribution in [0.3, 0.4) is 0 Å². The van der Waals surface area contributed by atoms with E-state index < -0.39 is 22.5 Å². The largest absolute Gasteiger partial charge is 0.318 e. The van der Waals surface area contributed by atoms with Gasteiger partial charge < -0.3 is 4.57 Å². The molecule has 7 nitrogen and oxygen atoms in total. The zero-order valence-corrected chi connectivity index (χ0v) is 23.3. The highest BCUT2D eigenvalue weighted by Crippen LogP contribution is 2.29. The molecule has 38 heavy (non-hydrogen) atoms. The third-order valence-corrected chi connectivity index (χ3v) is 8.22. The van der Waals surface area contributed by atoms with Crippen molar-refractivity contribution in [2.45, 2.75) is 25.7 Å². The number of nitrogens with zero attached hydrogens (tertiary/aromatic N) is 3. The summed E-state index contributed by atoms with van der Waals surface area (Å²) in [4.78, 5) is 13.0. The number of rotatable bonds is 8. The Morgan fingerprint density at radius 1 is 0.947 bits per heavy atom. The SMILES string of the molecule is Cc1cc(Cl)ccc1N(CC(=O)N/N=C/c1cc(C)n(-c2cccc(Cl)c2)c1C)S(=O)(=O)c1ccccc1. The Bertz CT molecular complexity index is 1620. The molecule has 0 saturated carbocycles. The lowest BCUT2D eigenvalue weighted by Gasteiger charge is -2.25. The van der Waals surface area contributed by atoms with Crippen molar-refractivity contribution in [1.82, 2.24) is 9.99 Å². The van der Waals surface area contributed by atoms with Crippen molar-refractivity contribution in [2.24, 2.45) is 5.10 Å². The van der Waals surface area contributed by atoms with Gasteiger partial charge in [0.2, 0.25) is 0 Å². The molecule has 3 aromatic carbocycles. The number of hydrazone groups is 1. The van der Waals surface area contributed by atoms with Gasteiger partial charge in [-0.05, 0) is 80.9 Å². The first-order chi connectivity index (χ1) is 18.1. The molecule has 0 unspecified atom stereocenters. The molecule has 1 aromatic heterocycles. The Morgan fingerprint density at radius 2 is 1.66 bits per heavy atom. The van der Waals surface area contributed by atoms with Gasteiger partial charge in [0.05, 0.1) is 16.8 Å². The van der Waals surface area contributed by atoms with Gasteiger partial charge in [0, 0.05) is 32.7 Å². The number of aromatic nitrogens is 1. The fourth-order valence-corrected chi connectivity index (χ4v) is 6.11. The molecule has 0 atom stereocenters. The lowest BCUT2D eigenvalue weighted by molar-refractivity contribution is -0.119. The maximum Gasteiger partial charge on any atom is 0.264 e. The number of benzene rings is 3. The summed E-state index contributed by atoms with van der Waals surface area (Å²) in [7, 11) is -4.04. The summed E-state index contributed by atoms with van der Waals surface area (Å²) in [5.74, 6) is -0.598. The van der Waals surface area contributed by atoms with Crippen LogP contribution in [-0.4, -0.2) is 31.7 Å². The molecular weight excluding hydrogens is 543 g/mol. The van der Waals surface area contributed by atoms with Crippen LogP contribution < -0.4 is 9.73 Å². The predicted molar refractivity (Wildman–Crippen MR) is 153 cm³/mol. The minimum absolute atomic E-state index is 0.0686. The third-order valence-electron chi connectivity index (χ3n) is 5.98. The third kappa shape index (κ3) is 5.93. The molecule has 4 rings (SSSR count). The van der Waals surface area contributed by atoms with Crippen LogP contribution in [0.25, 0.3) is 5.69 Å². The van der Waals surface area contributed by atoms with Gasteiger partial charge in [0.15, 0.2) is 0 Å².